The zero-order chi connectivity index (χ0) is 20.0. The Morgan fingerprint density at radius 3 is 2.86 bits per heavy atom. The van der Waals surface area contributed by atoms with Crippen LogP contribution in [-0.4, -0.2) is 40.0 Å². The summed E-state index contributed by atoms with van der Waals surface area (Å²) in [5, 5.41) is 6.74. The average Bonchev–Trinajstić information content (AvgIpc) is 3.41. The van der Waals surface area contributed by atoms with Crippen LogP contribution in [0.15, 0.2) is 53.3 Å². The van der Waals surface area contributed by atoms with E-state index in [1.165, 1.54) is 4.90 Å². The van der Waals surface area contributed by atoms with Crippen LogP contribution in [0.2, 0.25) is 0 Å². The van der Waals surface area contributed by atoms with Crippen LogP contribution >= 0.6 is 0 Å². The van der Waals surface area contributed by atoms with Crippen LogP contribution in [0.4, 0.5) is 5.82 Å². The number of likely N-dealkylation sites (N-methyl/N-ethyl adjacent to an activating group) is 1. The smallest absolute Gasteiger partial charge is 0.274 e. The van der Waals surface area contributed by atoms with Gasteiger partial charge in [0.05, 0.1) is 5.69 Å². The molecule has 0 bridgehead atoms. The molecule has 1 aromatic carbocycles. The second-order valence-corrected chi connectivity index (χ2v) is 7.46. The molecule has 0 radical (unpaired) electrons. The number of benzene rings is 1. The number of carbonyl (C=O) groups is 2. The quantitative estimate of drug-likeness (QED) is 0.732. The monoisotopic (exact) mass is 389 g/mol. The van der Waals surface area contributed by atoms with Gasteiger partial charge in [0.25, 0.3) is 11.8 Å². The number of aromatic nitrogens is 3. The summed E-state index contributed by atoms with van der Waals surface area (Å²) in [6, 6.07) is 10.8. The predicted molar refractivity (Wildman–Crippen MR) is 103 cm³/mol. The number of anilines is 1. The fourth-order valence-corrected chi connectivity index (χ4v) is 3.94. The fraction of sp³-hybridized carbons (Fsp3) is 0.286. The van der Waals surface area contributed by atoms with Gasteiger partial charge < -0.3 is 9.84 Å². The van der Waals surface area contributed by atoms with Crippen LogP contribution in [0.25, 0.3) is 0 Å². The maximum atomic E-state index is 13.0. The first-order valence-corrected chi connectivity index (χ1v) is 9.50. The van der Waals surface area contributed by atoms with E-state index < -0.39 is 11.9 Å². The molecule has 29 heavy (non-hydrogen) atoms. The minimum absolute atomic E-state index is 0.0162. The maximum Gasteiger partial charge on any atom is 0.274 e. The van der Waals surface area contributed by atoms with E-state index in [1.807, 2.05) is 30.3 Å². The first-order chi connectivity index (χ1) is 14.1. The van der Waals surface area contributed by atoms with Crippen LogP contribution < -0.4 is 10.2 Å². The zero-order valence-corrected chi connectivity index (χ0v) is 15.8. The summed E-state index contributed by atoms with van der Waals surface area (Å²) in [6.07, 6.45) is 4.55. The molecule has 2 unspecified atom stereocenters. The van der Waals surface area contributed by atoms with Gasteiger partial charge >= 0.3 is 0 Å². The highest BCUT2D eigenvalue weighted by molar-refractivity contribution is 6.02. The molecule has 0 saturated heterocycles. The lowest BCUT2D eigenvalue weighted by molar-refractivity contribution is -0.120. The molecule has 3 atom stereocenters. The Morgan fingerprint density at radius 2 is 2.03 bits per heavy atom. The van der Waals surface area contributed by atoms with E-state index in [0.29, 0.717) is 18.0 Å². The van der Waals surface area contributed by atoms with E-state index in [0.717, 1.165) is 17.7 Å². The minimum Gasteiger partial charge on any atom is -0.360 e. The summed E-state index contributed by atoms with van der Waals surface area (Å²) < 4.78 is 5.31. The lowest BCUT2D eigenvalue weighted by Crippen LogP contribution is -2.48. The Labute approximate surface area is 166 Å². The van der Waals surface area contributed by atoms with Gasteiger partial charge in [-0.15, -0.1) is 0 Å². The van der Waals surface area contributed by atoms with E-state index >= 15 is 0 Å². The molecule has 1 aliphatic carbocycles. The molecule has 2 amide bonds. The minimum atomic E-state index is -0.636. The highest BCUT2D eigenvalue weighted by Crippen LogP contribution is 2.53. The fourth-order valence-electron chi connectivity index (χ4n) is 3.94. The van der Waals surface area contributed by atoms with E-state index in [4.69, 9.17) is 4.52 Å². The molecule has 2 aromatic heterocycles. The highest BCUT2D eigenvalue weighted by atomic mass is 16.5. The SMILES string of the molecule is CN1C(=O)[C@@H](NC(=O)c2cc(Cc3ccccc3)on2)C2CC2c2nccnc21. The summed E-state index contributed by atoms with van der Waals surface area (Å²) in [5.74, 6) is 0.686. The van der Waals surface area contributed by atoms with Crippen molar-refractivity contribution in [1.82, 2.24) is 20.4 Å². The van der Waals surface area contributed by atoms with E-state index in [1.54, 1.807) is 25.5 Å². The summed E-state index contributed by atoms with van der Waals surface area (Å²) >= 11 is 0. The highest BCUT2D eigenvalue weighted by Gasteiger charge is 2.53. The molecule has 1 saturated carbocycles. The first-order valence-electron chi connectivity index (χ1n) is 9.50. The Bertz CT molecular complexity index is 1080. The topological polar surface area (TPSA) is 101 Å². The van der Waals surface area contributed by atoms with E-state index in [2.05, 4.69) is 20.4 Å². The Balaban J connectivity index is 1.32. The molecule has 2 aliphatic rings. The Hall–Kier alpha value is -3.55. The van der Waals surface area contributed by atoms with Crippen molar-refractivity contribution < 1.29 is 14.1 Å². The third-order valence-electron chi connectivity index (χ3n) is 5.54. The van der Waals surface area contributed by atoms with Crippen LogP contribution in [0.1, 0.15) is 39.8 Å². The van der Waals surface area contributed by atoms with Gasteiger partial charge in [0, 0.05) is 37.8 Å². The van der Waals surface area contributed by atoms with Gasteiger partial charge in [-0.2, -0.15) is 0 Å². The van der Waals surface area contributed by atoms with Crippen LogP contribution in [-0.2, 0) is 11.2 Å². The standard InChI is InChI=1S/C21H19N5O3/c1-26-19-17(22-7-8-23-19)14-11-15(14)18(21(26)28)24-20(27)16-10-13(29-25-16)9-12-5-3-2-4-6-12/h2-8,10,14-15,18H,9,11H2,1H3,(H,24,27)/t14?,15?,18-/m0/s1. The average molecular weight is 389 g/mol. The van der Waals surface area contributed by atoms with Crippen molar-refractivity contribution in [3.8, 4) is 0 Å². The number of carbonyl (C=O) groups excluding carboxylic acids is 2. The zero-order valence-electron chi connectivity index (χ0n) is 15.8. The first kappa shape index (κ1) is 17.5. The lowest BCUT2D eigenvalue weighted by Gasteiger charge is -2.22. The van der Waals surface area contributed by atoms with Gasteiger partial charge in [-0.1, -0.05) is 35.5 Å². The van der Waals surface area contributed by atoms with Gasteiger partial charge in [0.15, 0.2) is 11.5 Å². The maximum absolute atomic E-state index is 13.0. The normalized spacial score (nSPS) is 22.4. The number of amides is 2. The molecule has 0 spiro atoms. The van der Waals surface area contributed by atoms with Gasteiger partial charge in [0.2, 0.25) is 0 Å². The molecule has 8 nitrogen and oxygen atoms in total. The van der Waals surface area contributed by atoms with Crippen molar-refractivity contribution in [1.29, 1.82) is 0 Å². The van der Waals surface area contributed by atoms with Crippen LogP contribution in [0.3, 0.4) is 0 Å². The summed E-state index contributed by atoms with van der Waals surface area (Å²) in [5.41, 5.74) is 2.05. The molecule has 1 N–H and O–H groups in total. The van der Waals surface area contributed by atoms with Crippen molar-refractivity contribution in [2.24, 2.45) is 5.92 Å². The molecule has 1 fully saturated rings. The van der Waals surface area contributed by atoms with Crippen LogP contribution in [0, 0.1) is 5.92 Å². The molecule has 146 valence electrons. The molecule has 3 aromatic rings. The molecule has 1 aliphatic heterocycles. The van der Waals surface area contributed by atoms with Crippen molar-refractivity contribution >= 4 is 17.6 Å². The number of fused-ring (bicyclic) bond motifs is 3. The second kappa shape index (κ2) is 6.80. The van der Waals surface area contributed by atoms with Crippen molar-refractivity contribution in [3.63, 3.8) is 0 Å². The molecular formula is C21H19N5O3. The molecule has 8 heteroatoms. The van der Waals surface area contributed by atoms with E-state index in [9.17, 15) is 9.59 Å². The van der Waals surface area contributed by atoms with Gasteiger partial charge in [-0.3, -0.25) is 19.5 Å². The van der Waals surface area contributed by atoms with Gasteiger partial charge in [0.1, 0.15) is 11.8 Å². The lowest BCUT2D eigenvalue weighted by atomic mass is 10.1. The second-order valence-electron chi connectivity index (χ2n) is 7.46. The van der Waals surface area contributed by atoms with Gasteiger partial charge in [-0.05, 0) is 17.9 Å². The number of nitrogens with zero attached hydrogens (tertiary/aromatic N) is 4. The molecular weight excluding hydrogens is 370 g/mol. The number of nitrogens with one attached hydrogen (secondary N) is 1. The van der Waals surface area contributed by atoms with Crippen molar-refractivity contribution in [2.45, 2.75) is 24.8 Å². The van der Waals surface area contributed by atoms with Crippen molar-refractivity contribution in [3.05, 3.63) is 71.5 Å². The number of hydrogen-bond donors (Lipinski definition) is 1. The Kier molecular flexibility index (Phi) is 4.12. The third-order valence-corrected chi connectivity index (χ3v) is 5.54. The Morgan fingerprint density at radius 1 is 1.24 bits per heavy atom. The summed E-state index contributed by atoms with van der Waals surface area (Å²) in [4.78, 5) is 35.9. The van der Waals surface area contributed by atoms with E-state index in [-0.39, 0.29) is 23.4 Å². The number of rotatable bonds is 4. The molecule has 3 heterocycles. The number of hydrogen-bond acceptors (Lipinski definition) is 6. The summed E-state index contributed by atoms with van der Waals surface area (Å²) in [6.45, 7) is 0. The van der Waals surface area contributed by atoms with Crippen molar-refractivity contribution in [2.75, 3.05) is 11.9 Å². The predicted octanol–water partition coefficient (Wildman–Crippen LogP) is 1.93. The third kappa shape index (κ3) is 3.16. The largest absolute Gasteiger partial charge is 0.360 e. The van der Waals surface area contributed by atoms with Gasteiger partial charge in [-0.25, -0.2) is 4.98 Å². The summed E-state index contributed by atoms with van der Waals surface area (Å²) in [7, 11) is 1.66. The van der Waals surface area contributed by atoms with Crippen LogP contribution in [0.5, 0.6) is 0 Å². The molecule has 5 rings (SSSR count).